The van der Waals surface area contributed by atoms with Gasteiger partial charge in [-0.15, -0.1) is 0 Å². The number of pyridine rings is 1. The summed E-state index contributed by atoms with van der Waals surface area (Å²) in [6, 6.07) is 11.3. The van der Waals surface area contributed by atoms with Gasteiger partial charge in [-0.2, -0.15) is 4.98 Å². The summed E-state index contributed by atoms with van der Waals surface area (Å²) in [6.45, 7) is 2.11. The van der Waals surface area contributed by atoms with Crippen LogP contribution in [0.3, 0.4) is 0 Å². The van der Waals surface area contributed by atoms with E-state index in [1.54, 1.807) is 12.1 Å². The zero-order valence-corrected chi connectivity index (χ0v) is 16.9. The van der Waals surface area contributed by atoms with Gasteiger partial charge in [0.2, 0.25) is 21.7 Å². The van der Waals surface area contributed by atoms with Crippen LogP contribution < -0.4 is 0 Å². The molecule has 0 saturated heterocycles. The predicted molar refractivity (Wildman–Crippen MR) is 104 cm³/mol. The van der Waals surface area contributed by atoms with Crippen molar-refractivity contribution >= 4 is 21.8 Å². The minimum Gasteiger partial charge on any atom is -0.338 e. The van der Waals surface area contributed by atoms with Gasteiger partial charge in [0.15, 0.2) is 0 Å². The van der Waals surface area contributed by atoms with Gasteiger partial charge in [-0.3, -0.25) is 0 Å². The van der Waals surface area contributed by atoms with E-state index in [0.29, 0.717) is 22.5 Å². The van der Waals surface area contributed by atoms with Crippen LogP contribution in [0.4, 0.5) is 0 Å². The molecule has 9 heteroatoms. The average molecular weight is 405 g/mol. The van der Waals surface area contributed by atoms with Gasteiger partial charge >= 0.3 is 0 Å². The number of thioether (sulfide) groups is 1. The molecule has 2 aromatic heterocycles. The van der Waals surface area contributed by atoms with Crippen LogP contribution >= 0.6 is 11.8 Å². The lowest BCUT2D eigenvalue weighted by atomic mass is 10.1. The Labute approximate surface area is 162 Å². The van der Waals surface area contributed by atoms with Crippen molar-refractivity contribution in [1.82, 2.24) is 19.4 Å². The number of aryl methyl sites for hydroxylation is 1. The molecule has 0 saturated carbocycles. The first kappa shape index (κ1) is 19.5. The quantitative estimate of drug-likeness (QED) is 0.559. The van der Waals surface area contributed by atoms with Gasteiger partial charge in [-0.05, 0) is 24.1 Å². The number of rotatable bonds is 7. The summed E-state index contributed by atoms with van der Waals surface area (Å²) >= 11 is 1.40. The predicted octanol–water partition coefficient (Wildman–Crippen LogP) is 3.24. The van der Waals surface area contributed by atoms with Crippen LogP contribution in [-0.2, 0) is 22.2 Å². The fraction of sp³-hybridized carbons (Fsp3) is 0.278. The third kappa shape index (κ3) is 4.55. The molecular weight excluding hydrogens is 384 g/mol. The molecule has 0 spiro atoms. The summed E-state index contributed by atoms with van der Waals surface area (Å²) in [7, 11) is -0.498. The standard InChI is InChI=1S/C18H20N4O3S2/c1-4-13-5-7-14(8-6-13)18-20-16(25-21-18)12-26-17-10-9-15(11-19-17)27(23,24)22(2)3/h5-11H,4,12H2,1-3H3. The fourth-order valence-electron chi connectivity index (χ4n) is 2.27. The van der Waals surface area contributed by atoms with E-state index in [-0.39, 0.29) is 4.90 Å². The Kier molecular flexibility index (Phi) is 5.93. The highest BCUT2D eigenvalue weighted by Crippen LogP contribution is 2.23. The minimum absolute atomic E-state index is 0.160. The number of benzene rings is 1. The van der Waals surface area contributed by atoms with E-state index in [1.165, 1.54) is 37.6 Å². The molecule has 0 unspecified atom stereocenters. The minimum atomic E-state index is -3.47. The van der Waals surface area contributed by atoms with Crippen molar-refractivity contribution in [3.05, 3.63) is 54.0 Å². The highest BCUT2D eigenvalue weighted by atomic mass is 32.2. The van der Waals surface area contributed by atoms with Crippen LogP contribution in [-0.4, -0.2) is 41.9 Å². The monoisotopic (exact) mass is 404 g/mol. The van der Waals surface area contributed by atoms with Crippen LogP contribution in [0.15, 0.2) is 57.0 Å². The Hall–Kier alpha value is -2.23. The van der Waals surface area contributed by atoms with Gasteiger partial charge < -0.3 is 4.52 Å². The topological polar surface area (TPSA) is 89.2 Å². The van der Waals surface area contributed by atoms with Crippen molar-refractivity contribution < 1.29 is 12.9 Å². The molecule has 3 rings (SSSR count). The Bertz CT molecular complexity index is 998. The maximum Gasteiger partial charge on any atom is 0.244 e. The molecule has 0 atom stereocenters. The van der Waals surface area contributed by atoms with E-state index in [2.05, 4.69) is 22.0 Å². The highest BCUT2D eigenvalue weighted by molar-refractivity contribution is 7.98. The third-order valence-corrected chi connectivity index (χ3v) is 6.65. The molecular formula is C18H20N4O3S2. The molecule has 27 heavy (non-hydrogen) atoms. The maximum absolute atomic E-state index is 12.0. The molecule has 0 N–H and O–H groups in total. The van der Waals surface area contributed by atoms with Gasteiger partial charge in [0.1, 0.15) is 4.90 Å². The molecule has 142 valence electrons. The summed E-state index contributed by atoms with van der Waals surface area (Å²) in [5.74, 6) is 1.49. The Morgan fingerprint density at radius 1 is 1.11 bits per heavy atom. The van der Waals surface area contributed by atoms with Crippen molar-refractivity contribution in [2.75, 3.05) is 14.1 Å². The molecule has 1 aromatic carbocycles. The lowest BCUT2D eigenvalue weighted by Crippen LogP contribution is -2.22. The number of nitrogens with zero attached hydrogens (tertiary/aromatic N) is 4. The van der Waals surface area contributed by atoms with Crippen LogP contribution in [0.25, 0.3) is 11.4 Å². The first-order chi connectivity index (χ1) is 12.9. The first-order valence-corrected chi connectivity index (χ1v) is 10.8. The molecule has 0 amide bonds. The van der Waals surface area contributed by atoms with E-state index in [0.717, 1.165) is 16.3 Å². The smallest absolute Gasteiger partial charge is 0.244 e. The van der Waals surface area contributed by atoms with E-state index in [1.807, 2.05) is 24.3 Å². The van der Waals surface area contributed by atoms with E-state index in [9.17, 15) is 8.42 Å². The summed E-state index contributed by atoms with van der Waals surface area (Å²) in [5.41, 5.74) is 2.16. The van der Waals surface area contributed by atoms with Crippen LogP contribution in [0.5, 0.6) is 0 Å². The molecule has 0 aliphatic heterocycles. The second-order valence-corrected chi connectivity index (χ2v) is 9.12. The SMILES string of the molecule is CCc1ccc(-c2noc(CSc3ccc(S(=O)(=O)N(C)C)cn3)n2)cc1. The van der Waals surface area contributed by atoms with Gasteiger partial charge in [0.25, 0.3) is 0 Å². The zero-order valence-electron chi connectivity index (χ0n) is 15.3. The normalized spacial score (nSPS) is 11.9. The lowest BCUT2D eigenvalue weighted by Gasteiger charge is -2.10. The maximum atomic E-state index is 12.0. The largest absolute Gasteiger partial charge is 0.338 e. The molecule has 0 fully saturated rings. The molecule has 0 aliphatic rings. The second kappa shape index (κ2) is 8.20. The number of aromatic nitrogens is 3. The zero-order chi connectivity index (χ0) is 19.4. The van der Waals surface area contributed by atoms with E-state index in [4.69, 9.17) is 4.52 Å². The molecule has 0 aliphatic carbocycles. The highest BCUT2D eigenvalue weighted by Gasteiger charge is 2.17. The van der Waals surface area contributed by atoms with Crippen molar-refractivity contribution in [1.29, 1.82) is 0 Å². The van der Waals surface area contributed by atoms with Crippen LogP contribution in [0.1, 0.15) is 18.4 Å². The first-order valence-electron chi connectivity index (χ1n) is 8.33. The van der Waals surface area contributed by atoms with Gasteiger partial charge in [0.05, 0.1) is 10.8 Å². The van der Waals surface area contributed by atoms with Crippen molar-refractivity contribution in [2.45, 2.75) is 29.0 Å². The van der Waals surface area contributed by atoms with E-state index >= 15 is 0 Å². The van der Waals surface area contributed by atoms with Crippen molar-refractivity contribution in [2.24, 2.45) is 0 Å². The number of hydrogen-bond acceptors (Lipinski definition) is 7. The fourth-order valence-corrected chi connectivity index (χ4v) is 3.80. The van der Waals surface area contributed by atoms with Crippen molar-refractivity contribution in [3.8, 4) is 11.4 Å². The molecule has 0 radical (unpaired) electrons. The molecule has 3 aromatic rings. The van der Waals surface area contributed by atoms with Gasteiger partial charge in [-0.1, -0.05) is 48.1 Å². The Morgan fingerprint density at radius 3 is 2.44 bits per heavy atom. The average Bonchev–Trinajstić information content (AvgIpc) is 3.15. The van der Waals surface area contributed by atoms with Gasteiger partial charge in [-0.25, -0.2) is 17.7 Å². The van der Waals surface area contributed by atoms with Crippen LogP contribution in [0.2, 0.25) is 0 Å². The summed E-state index contributed by atoms with van der Waals surface area (Å²) in [6.07, 6.45) is 2.34. The Morgan fingerprint density at radius 2 is 1.85 bits per heavy atom. The van der Waals surface area contributed by atoms with E-state index < -0.39 is 10.0 Å². The molecule has 2 heterocycles. The summed E-state index contributed by atoms with van der Waals surface area (Å²) in [5, 5.41) is 4.70. The summed E-state index contributed by atoms with van der Waals surface area (Å²) in [4.78, 5) is 8.76. The molecule has 7 nitrogen and oxygen atoms in total. The second-order valence-electron chi connectivity index (χ2n) is 5.97. The summed E-state index contributed by atoms with van der Waals surface area (Å²) < 4.78 is 30.5. The molecule has 0 bridgehead atoms. The Balaban J connectivity index is 1.64. The number of hydrogen-bond donors (Lipinski definition) is 0. The number of sulfonamides is 1. The lowest BCUT2D eigenvalue weighted by molar-refractivity contribution is 0.391. The van der Waals surface area contributed by atoms with Crippen LogP contribution in [0, 0.1) is 0 Å². The third-order valence-electron chi connectivity index (χ3n) is 3.92. The van der Waals surface area contributed by atoms with Crippen molar-refractivity contribution in [3.63, 3.8) is 0 Å². The van der Waals surface area contributed by atoms with Gasteiger partial charge in [0, 0.05) is 25.9 Å².